The van der Waals surface area contributed by atoms with Gasteiger partial charge in [0.1, 0.15) is 30.1 Å². The zero-order valence-electron chi connectivity index (χ0n) is 38.0. The summed E-state index contributed by atoms with van der Waals surface area (Å²) in [5, 5.41) is 33.4. The highest BCUT2D eigenvalue weighted by Gasteiger charge is 2.53. The van der Waals surface area contributed by atoms with Crippen molar-refractivity contribution in [3.8, 4) is 0 Å². The first-order chi connectivity index (χ1) is 29.5. The lowest BCUT2D eigenvalue weighted by molar-refractivity contribution is -0.265. The summed E-state index contributed by atoms with van der Waals surface area (Å²) in [6.07, 6.45) is 12.0. The number of aliphatic hydroxyl groups is 3. The van der Waals surface area contributed by atoms with Gasteiger partial charge < -0.3 is 43.9 Å². The van der Waals surface area contributed by atoms with E-state index in [-0.39, 0.29) is 61.7 Å². The van der Waals surface area contributed by atoms with Crippen molar-refractivity contribution in [2.24, 2.45) is 17.8 Å². The van der Waals surface area contributed by atoms with E-state index in [1.807, 2.05) is 44.2 Å². The van der Waals surface area contributed by atoms with Crippen molar-refractivity contribution in [1.29, 1.82) is 0 Å². The molecule has 3 heterocycles. The Labute approximate surface area is 368 Å². The molecule has 62 heavy (non-hydrogen) atoms. The van der Waals surface area contributed by atoms with Crippen LogP contribution in [0.15, 0.2) is 47.6 Å². The van der Waals surface area contributed by atoms with Gasteiger partial charge in [-0.2, -0.15) is 0 Å². The number of ketones is 3. The fourth-order valence-electron chi connectivity index (χ4n) is 9.31. The first-order valence-electron chi connectivity index (χ1n) is 22.7. The minimum atomic E-state index is -2.42. The Kier molecular flexibility index (Phi) is 20.4. The van der Waals surface area contributed by atoms with Gasteiger partial charge in [0.2, 0.25) is 5.79 Å². The smallest absolute Gasteiger partial charge is 0.329 e. The lowest BCUT2D eigenvalue weighted by atomic mass is 9.78. The third-order valence-corrected chi connectivity index (χ3v) is 13.5. The van der Waals surface area contributed by atoms with E-state index in [0.29, 0.717) is 69.8 Å². The van der Waals surface area contributed by atoms with Gasteiger partial charge in [0, 0.05) is 59.5 Å². The molecule has 1 amide bonds. The number of allylic oxidation sites excluding steroid dienone is 6. The summed E-state index contributed by atoms with van der Waals surface area (Å²) in [5.74, 6) is -6.74. The van der Waals surface area contributed by atoms with E-state index >= 15 is 0 Å². The highest BCUT2D eigenvalue weighted by molar-refractivity contribution is 6.39. The van der Waals surface area contributed by atoms with E-state index in [1.54, 1.807) is 34.1 Å². The number of hydrogen-bond donors (Lipinski definition) is 3. The van der Waals surface area contributed by atoms with E-state index in [0.717, 1.165) is 12.0 Å². The maximum Gasteiger partial charge on any atom is 0.329 e. The van der Waals surface area contributed by atoms with Crippen LogP contribution in [0.1, 0.15) is 124 Å². The highest BCUT2D eigenvalue weighted by atomic mass is 16.6. The Morgan fingerprint density at radius 2 is 1.65 bits per heavy atom. The molecule has 3 N–H and O–H groups in total. The summed E-state index contributed by atoms with van der Waals surface area (Å²) in [6.45, 7) is 7.21. The Morgan fingerprint density at radius 1 is 0.887 bits per heavy atom. The van der Waals surface area contributed by atoms with E-state index in [4.69, 9.17) is 23.7 Å². The first-order valence-corrected chi connectivity index (χ1v) is 22.7. The SMILES string of the molecule is CO[C@H]1C[C@@H]2CC[C@@H](C)[C@@](O)(O2)C(=O)C(=O)N2CCCC[C@H]2C(=O)O[C@H]([C@H](C)C[C@@H]2CC[C@@H](O)[C@H](OC)C2)CC(=O)C/C=C(\C)[C@@H](O)[C@@H](OC)C(=O)CCC/C=C/C=CC=C1C. The van der Waals surface area contributed by atoms with Crippen molar-refractivity contribution in [2.75, 3.05) is 27.9 Å². The average molecular weight is 872 g/mol. The highest BCUT2D eigenvalue weighted by Crippen LogP contribution is 2.37. The summed E-state index contributed by atoms with van der Waals surface area (Å²) in [7, 11) is 4.50. The summed E-state index contributed by atoms with van der Waals surface area (Å²) < 4.78 is 29.1. The number of methoxy groups -OCH3 is 3. The number of esters is 1. The molecule has 348 valence electrons. The molecule has 4 rings (SSSR count). The Hall–Kier alpha value is -3.37. The van der Waals surface area contributed by atoms with Crippen LogP contribution in [0.4, 0.5) is 0 Å². The van der Waals surface area contributed by atoms with Crippen LogP contribution < -0.4 is 0 Å². The minimum absolute atomic E-state index is 0.0933. The second-order valence-electron chi connectivity index (χ2n) is 18.0. The molecule has 2 saturated heterocycles. The molecule has 12 atom stereocenters. The van der Waals surface area contributed by atoms with Crippen LogP contribution in [0.3, 0.4) is 0 Å². The van der Waals surface area contributed by atoms with Crippen molar-refractivity contribution in [3.05, 3.63) is 47.6 Å². The molecule has 1 saturated carbocycles. The number of ether oxygens (including phenoxy) is 5. The molecule has 0 unspecified atom stereocenters. The zero-order chi connectivity index (χ0) is 45.6. The van der Waals surface area contributed by atoms with Crippen molar-refractivity contribution >= 4 is 29.2 Å². The normalized spacial score (nSPS) is 36.8. The summed E-state index contributed by atoms with van der Waals surface area (Å²) in [6, 6.07) is -1.13. The Bertz CT molecular complexity index is 1650. The number of Topliss-reactive ketones (excluding diaryl/α,β-unsaturated/α-hetero) is 3. The predicted octanol–water partition coefficient (Wildman–Crippen LogP) is 5.44. The molecule has 0 spiro atoms. The molecule has 3 fully saturated rings. The Morgan fingerprint density at radius 3 is 2.35 bits per heavy atom. The first kappa shape index (κ1) is 51.3. The maximum atomic E-state index is 14.2. The Balaban J connectivity index is 1.64. The van der Waals surface area contributed by atoms with Crippen LogP contribution in [-0.4, -0.2) is 132 Å². The number of piperidine rings is 1. The molecular formula is C48H73NO13. The van der Waals surface area contributed by atoms with Gasteiger partial charge in [-0.1, -0.05) is 50.3 Å². The molecule has 3 aliphatic heterocycles. The molecule has 2 bridgehead atoms. The second-order valence-corrected chi connectivity index (χ2v) is 18.0. The van der Waals surface area contributed by atoms with Gasteiger partial charge in [0.05, 0.1) is 24.4 Å². The van der Waals surface area contributed by atoms with Crippen molar-refractivity contribution in [2.45, 2.75) is 179 Å². The molecular weight excluding hydrogens is 799 g/mol. The van der Waals surface area contributed by atoms with Crippen molar-refractivity contribution < 1.29 is 63.0 Å². The molecule has 4 aliphatic rings. The van der Waals surface area contributed by atoms with E-state index < -0.39 is 72.0 Å². The van der Waals surface area contributed by atoms with Crippen LogP contribution in [0.2, 0.25) is 0 Å². The topological polar surface area (TPSA) is 195 Å². The van der Waals surface area contributed by atoms with E-state index in [9.17, 15) is 39.3 Å². The van der Waals surface area contributed by atoms with Gasteiger partial charge in [-0.15, -0.1) is 0 Å². The molecule has 0 radical (unpaired) electrons. The molecule has 14 nitrogen and oxygen atoms in total. The van der Waals surface area contributed by atoms with Gasteiger partial charge in [0.15, 0.2) is 5.78 Å². The number of amides is 1. The van der Waals surface area contributed by atoms with Gasteiger partial charge in [-0.25, -0.2) is 4.79 Å². The third-order valence-electron chi connectivity index (χ3n) is 13.5. The standard InChI is InChI=1S/C48H73NO13/c1-30-16-12-10-8-9-11-13-18-39(52)44(60-7)43(53)31(2)19-22-35(50)28-41(32(3)26-34-21-24-38(51)42(27-34)59-6)61-47(56)37-17-14-15-25-49(37)46(55)45(54)48(57)33(4)20-23-36(62-48)29-40(30)58-5/h8-10,12,16,19,32-34,36-38,40-44,51,53,57H,11,13-15,17-18,20-29H2,1-7H3/b9-8+,12-10?,30-16?,31-19+/t32-,33-,34+,36+,37+,38-,40+,41+,42-,43-,44+,48-/m1/s1. The number of fused-ring (bicyclic) bond motifs is 3. The number of nitrogens with zero attached hydrogens (tertiary/aromatic N) is 1. The number of hydrogen-bond acceptors (Lipinski definition) is 13. The number of carbonyl (C=O) groups excluding carboxylic acids is 5. The predicted molar refractivity (Wildman–Crippen MR) is 231 cm³/mol. The second kappa shape index (κ2) is 24.6. The summed E-state index contributed by atoms with van der Waals surface area (Å²) >= 11 is 0. The number of carbonyl (C=O) groups is 5. The summed E-state index contributed by atoms with van der Waals surface area (Å²) in [5.41, 5.74) is 1.28. The van der Waals surface area contributed by atoms with Crippen LogP contribution in [-0.2, 0) is 47.7 Å². The van der Waals surface area contributed by atoms with Gasteiger partial charge in [-0.05, 0) is 107 Å². The van der Waals surface area contributed by atoms with E-state index in [2.05, 4.69) is 0 Å². The fraction of sp³-hybridized carbons (Fsp3) is 0.729. The quantitative estimate of drug-likeness (QED) is 0.174. The fourth-order valence-corrected chi connectivity index (χ4v) is 9.31. The summed E-state index contributed by atoms with van der Waals surface area (Å²) in [4.78, 5) is 70.5. The molecule has 1 aliphatic carbocycles. The van der Waals surface area contributed by atoms with Gasteiger partial charge in [0.25, 0.3) is 11.7 Å². The van der Waals surface area contributed by atoms with Crippen LogP contribution in [0.25, 0.3) is 0 Å². The van der Waals surface area contributed by atoms with Gasteiger partial charge >= 0.3 is 5.97 Å². The lowest BCUT2D eigenvalue weighted by Crippen LogP contribution is -2.61. The number of rotatable bonds is 6. The van der Waals surface area contributed by atoms with E-state index in [1.165, 1.54) is 12.0 Å². The molecule has 14 heteroatoms. The average Bonchev–Trinajstić information content (AvgIpc) is 3.26. The van der Waals surface area contributed by atoms with Crippen LogP contribution >= 0.6 is 0 Å². The molecule has 0 aromatic carbocycles. The van der Waals surface area contributed by atoms with Crippen molar-refractivity contribution in [3.63, 3.8) is 0 Å². The number of aliphatic hydroxyl groups excluding tert-OH is 2. The number of cyclic esters (lactones) is 1. The monoisotopic (exact) mass is 872 g/mol. The molecule has 0 aromatic rings. The largest absolute Gasteiger partial charge is 0.460 e. The minimum Gasteiger partial charge on any atom is -0.460 e. The van der Waals surface area contributed by atoms with Gasteiger partial charge in [-0.3, -0.25) is 19.2 Å². The van der Waals surface area contributed by atoms with Crippen LogP contribution in [0.5, 0.6) is 0 Å². The molecule has 0 aromatic heterocycles. The van der Waals surface area contributed by atoms with Crippen molar-refractivity contribution in [1.82, 2.24) is 4.90 Å². The lowest BCUT2D eigenvalue weighted by Gasteiger charge is -2.42. The zero-order valence-corrected chi connectivity index (χ0v) is 38.0. The maximum absolute atomic E-state index is 14.2. The third kappa shape index (κ3) is 13.8. The van der Waals surface area contributed by atoms with Crippen LogP contribution in [0, 0.1) is 17.8 Å².